The van der Waals surface area contributed by atoms with Crippen LogP contribution in [0.4, 0.5) is 13.6 Å². The van der Waals surface area contributed by atoms with Crippen molar-refractivity contribution in [2.75, 3.05) is 31.1 Å². The Morgan fingerprint density at radius 1 is 0.635 bits per heavy atom. The van der Waals surface area contributed by atoms with Crippen LogP contribution in [0.5, 0.6) is 5.75 Å². The number of thioether (sulfide) groups is 2. The van der Waals surface area contributed by atoms with Gasteiger partial charge in [0.15, 0.2) is 5.78 Å². The summed E-state index contributed by atoms with van der Waals surface area (Å²) in [6.07, 6.45) is 8.90. The number of carbonyl (C=O) groups is 9. The third kappa shape index (κ3) is 19.0. The van der Waals surface area contributed by atoms with Crippen LogP contribution in [0.15, 0.2) is 116 Å². The molecular weight excluding hydrogens is 1270 g/mol. The Bertz CT molecular complexity index is 3980. The number of halogens is 2. The van der Waals surface area contributed by atoms with E-state index in [-0.39, 0.29) is 56.6 Å². The SMILES string of the molecule is C[C@@]1(C(=O)N[C@@H](CSCc2cccc(CSCCC(=O)N[C@@H](CCCCN)C(=O)NCC(=O)N[C@@H](Cc3c[nH]c4ccc(F)cc34)C(=O)N[C@@H](Cc3c[nH]c4ccc(F)cc34)C(=O)c3ccc4c(c3)CCCC4)c2)C(N)=O)CCCN1C(=O)[C@H](Cc1ccc(O)cc1)NC(N)=O. The number of nitrogens with one attached hydrogen (secondary N) is 8. The van der Waals surface area contributed by atoms with Crippen molar-refractivity contribution in [2.45, 2.75) is 138 Å². The Morgan fingerprint density at radius 3 is 1.94 bits per heavy atom. The number of unbranched alkanes of at least 4 members (excludes halogenated alkanes) is 1. The van der Waals surface area contributed by atoms with Gasteiger partial charge in [0.25, 0.3) is 0 Å². The summed E-state index contributed by atoms with van der Waals surface area (Å²) in [5, 5.41) is 27.1. The first kappa shape index (κ1) is 71.0. The molecule has 6 atom stereocenters. The van der Waals surface area contributed by atoms with Gasteiger partial charge in [-0.05, 0) is 165 Å². The summed E-state index contributed by atoms with van der Waals surface area (Å²) < 4.78 is 29.3. The maximum atomic E-state index is 14.8. The normalized spacial score (nSPS) is 15.9. The number of H-pyrrole nitrogens is 2. The minimum absolute atomic E-state index is 0.0272. The van der Waals surface area contributed by atoms with Crippen molar-refractivity contribution in [3.05, 3.63) is 172 Å². The Hall–Kier alpha value is -9.27. The fourth-order valence-corrected chi connectivity index (χ4v) is 14.3. The molecule has 96 heavy (non-hydrogen) atoms. The highest BCUT2D eigenvalue weighted by Crippen LogP contribution is 2.32. The number of aromatic hydroxyl groups is 1. The quantitative estimate of drug-likeness (QED) is 0.0164. The van der Waals surface area contributed by atoms with Crippen molar-refractivity contribution in [3.8, 4) is 5.75 Å². The molecule has 9 rings (SSSR count). The molecule has 2 aromatic heterocycles. The number of aromatic amines is 2. The zero-order chi connectivity index (χ0) is 68.5. The number of carbonyl (C=O) groups excluding carboxylic acids is 9. The predicted octanol–water partition coefficient (Wildman–Crippen LogP) is 6.07. The number of ketones is 1. The zero-order valence-corrected chi connectivity index (χ0v) is 55.0. The van der Waals surface area contributed by atoms with Crippen LogP contribution in [0.1, 0.15) is 108 Å². The number of amides is 9. The molecule has 9 amide bonds. The van der Waals surface area contributed by atoms with Gasteiger partial charge < -0.3 is 69.1 Å². The molecule has 1 saturated heterocycles. The maximum Gasteiger partial charge on any atom is 0.312 e. The number of aryl methyl sites for hydroxylation is 2. The fraction of sp³-hybridized carbons (Fsp3) is 0.386. The molecule has 0 bridgehead atoms. The lowest BCUT2D eigenvalue weighted by atomic mass is 9.88. The average Bonchev–Trinajstić information content (AvgIpc) is 1.60. The fourth-order valence-electron chi connectivity index (χ4n) is 12.4. The van der Waals surface area contributed by atoms with Crippen molar-refractivity contribution in [3.63, 3.8) is 0 Å². The second kappa shape index (κ2) is 33.4. The van der Waals surface area contributed by atoms with E-state index in [0.717, 1.165) is 47.9 Å². The van der Waals surface area contributed by atoms with E-state index >= 15 is 0 Å². The van der Waals surface area contributed by atoms with E-state index in [4.69, 9.17) is 17.2 Å². The smallest absolute Gasteiger partial charge is 0.312 e. The largest absolute Gasteiger partial charge is 0.508 e. The van der Waals surface area contributed by atoms with E-state index in [1.807, 2.05) is 36.4 Å². The highest BCUT2D eigenvalue weighted by molar-refractivity contribution is 7.98. The van der Waals surface area contributed by atoms with Crippen LogP contribution in [-0.2, 0) is 77.2 Å². The number of phenolic OH excluding ortho intramolecular Hbond substituents is 1. The number of hydrogen-bond donors (Lipinski definition) is 12. The van der Waals surface area contributed by atoms with Crippen LogP contribution in [-0.4, -0.2) is 140 Å². The Kier molecular flexibility index (Phi) is 24.7. The molecular formula is C70H82F2N12O10S2. The first-order valence-corrected chi connectivity index (χ1v) is 34.5. The van der Waals surface area contributed by atoms with Crippen LogP contribution in [0.2, 0.25) is 0 Å². The van der Waals surface area contributed by atoms with Crippen molar-refractivity contribution in [1.82, 2.24) is 46.8 Å². The number of likely N-dealkylation sites (tertiary alicyclic amines) is 1. The number of rotatable bonds is 33. The lowest BCUT2D eigenvalue weighted by Crippen LogP contribution is -2.62. The summed E-state index contributed by atoms with van der Waals surface area (Å²) in [6, 6.07) is 21.1. The van der Waals surface area contributed by atoms with Crippen LogP contribution in [0.3, 0.4) is 0 Å². The van der Waals surface area contributed by atoms with Gasteiger partial charge in [0.2, 0.25) is 41.4 Å². The maximum absolute atomic E-state index is 14.8. The lowest BCUT2D eigenvalue weighted by Gasteiger charge is -2.37. The molecule has 7 aromatic rings. The Morgan fingerprint density at radius 2 is 1.28 bits per heavy atom. The Labute approximate surface area is 562 Å². The average molecular weight is 1350 g/mol. The first-order chi connectivity index (χ1) is 46.1. The van der Waals surface area contributed by atoms with Crippen molar-refractivity contribution in [1.29, 1.82) is 0 Å². The highest BCUT2D eigenvalue weighted by Gasteiger charge is 2.48. The molecule has 5 aromatic carbocycles. The summed E-state index contributed by atoms with van der Waals surface area (Å²) in [5.74, 6) is -4.29. The van der Waals surface area contributed by atoms with Crippen molar-refractivity contribution in [2.24, 2.45) is 17.2 Å². The van der Waals surface area contributed by atoms with Gasteiger partial charge in [0.1, 0.15) is 47.1 Å². The molecule has 3 heterocycles. The number of nitrogens with zero attached hydrogens (tertiary/aromatic N) is 1. The van der Waals surface area contributed by atoms with E-state index in [1.165, 1.54) is 64.8 Å². The molecule has 22 nitrogen and oxygen atoms in total. The molecule has 0 spiro atoms. The van der Waals surface area contributed by atoms with E-state index in [2.05, 4.69) is 41.9 Å². The molecule has 15 N–H and O–H groups in total. The third-order valence-corrected chi connectivity index (χ3v) is 19.7. The number of phenols is 1. The van der Waals surface area contributed by atoms with Gasteiger partial charge in [-0.1, -0.05) is 48.5 Å². The standard InChI is InChI=1S/C70H82F2N12O10S2/c1-70(24-7-26-84(70)67(92)59(83-69(75)94)29-41-13-19-51(85)20-14-41)68(93)82-60(64(74)89)40-96-39-43-9-6-8-42(28-43)38-95-27-23-61(86)79-56(12-4-5-25-73)65(90)78-37-62(87)80-58(32-48-36-77-55-22-18-50(72)34-53(48)55)66(91)81-57(31-47-35-76-54-21-17-49(71)33-52(47)54)63(88)46-16-15-44-10-2-3-11-45(44)30-46/h6,8-9,13-22,28,30,33-36,56-60,76-77,85H,2-5,7,10-12,23-27,29,31-32,37-40,73H2,1H3,(H2,74,89)(H,78,90)(H,79,86)(H,80,87)(H,81,91)(H,82,93)(H3,75,83,94)/t56-,57-,58-,59-,60-,70-/m0/s1. The van der Waals surface area contributed by atoms with E-state index in [1.54, 1.807) is 49.6 Å². The van der Waals surface area contributed by atoms with Gasteiger partial charge in [-0.2, -0.15) is 23.5 Å². The minimum Gasteiger partial charge on any atom is -0.508 e. The van der Waals surface area contributed by atoms with E-state index in [9.17, 15) is 57.0 Å². The lowest BCUT2D eigenvalue weighted by molar-refractivity contribution is -0.146. The summed E-state index contributed by atoms with van der Waals surface area (Å²) in [4.78, 5) is 131. The first-order valence-electron chi connectivity index (χ1n) is 32.2. The molecule has 508 valence electrons. The molecule has 0 unspecified atom stereocenters. The molecule has 1 aliphatic heterocycles. The second-order valence-electron chi connectivity index (χ2n) is 24.6. The summed E-state index contributed by atoms with van der Waals surface area (Å²) in [5.41, 5.74) is 23.0. The molecule has 0 radical (unpaired) electrons. The van der Waals surface area contributed by atoms with E-state index < -0.39 is 107 Å². The van der Waals surface area contributed by atoms with E-state index in [0.29, 0.717) is 87.1 Å². The number of benzene rings is 5. The molecule has 2 aliphatic rings. The van der Waals surface area contributed by atoms with Crippen molar-refractivity contribution < 1.29 is 57.0 Å². The minimum atomic E-state index is -1.37. The third-order valence-electron chi connectivity index (χ3n) is 17.6. The van der Waals surface area contributed by atoms with Crippen molar-refractivity contribution >= 4 is 98.5 Å². The zero-order valence-electron chi connectivity index (χ0n) is 53.4. The molecule has 1 aliphatic carbocycles. The van der Waals surface area contributed by atoms with Gasteiger partial charge in [-0.15, -0.1) is 0 Å². The summed E-state index contributed by atoms with van der Waals surface area (Å²) in [6.45, 7) is 1.56. The predicted molar refractivity (Wildman–Crippen MR) is 365 cm³/mol. The van der Waals surface area contributed by atoms with Gasteiger partial charge in [-0.3, -0.25) is 38.4 Å². The van der Waals surface area contributed by atoms with Gasteiger partial charge in [-0.25, -0.2) is 13.6 Å². The summed E-state index contributed by atoms with van der Waals surface area (Å²) in [7, 11) is 0. The van der Waals surface area contributed by atoms with Gasteiger partial charge >= 0.3 is 6.03 Å². The second-order valence-corrected chi connectivity index (χ2v) is 26.8. The number of Topliss-reactive ketones (excluding diaryl/α,β-unsaturated/α-hetero) is 1. The molecule has 26 heteroatoms. The van der Waals surface area contributed by atoms with Crippen LogP contribution >= 0.6 is 23.5 Å². The number of aromatic nitrogens is 2. The number of fused-ring (bicyclic) bond motifs is 3. The monoisotopic (exact) mass is 1350 g/mol. The van der Waals surface area contributed by atoms with Gasteiger partial charge in [0, 0.05) is 95.0 Å². The molecule has 1 fully saturated rings. The number of nitrogens with two attached hydrogens (primary N) is 3. The van der Waals surface area contributed by atoms with Crippen LogP contribution < -0.4 is 49.1 Å². The summed E-state index contributed by atoms with van der Waals surface area (Å²) >= 11 is 2.87. The topological polar surface area (TPSA) is 359 Å². The van der Waals surface area contributed by atoms with Gasteiger partial charge in [0.05, 0.1) is 12.6 Å². The van der Waals surface area contributed by atoms with Crippen LogP contribution in [0.25, 0.3) is 21.8 Å². The number of hydrogen-bond acceptors (Lipinski definition) is 13. The molecule has 0 saturated carbocycles. The number of primary amides is 2. The Balaban J connectivity index is 0.775. The van der Waals surface area contributed by atoms with Crippen LogP contribution in [0, 0.1) is 11.6 Å². The highest BCUT2D eigenvalue weighted by atomic mass is 32.2. The number of urea groups is 1.